The van der Waals surface area contributed by atoms with E-state index in [-0.39, 0.29) is 0 Å². The molecule has 0 aliphatic heterocycles. The van der Waals surface area contributed by atoms with E-state index in [2.05, 4.69) is 188 Å². The SMILES string of the molecule is C1=C(c2ccc3c4c(cccc24)-c2c-3c(-c3ccccc3)c3ccc(-c4ccc5ccccc5n4)cc3c2-c2ccccc2)CCC2=C1c1cccc3cccc2c13. The molecule has 0 N–H and O–H groups in total. The van der Waals surface area contributed by atoms with Gasteiger partial charge in [-0.15, -0.1) is 0 Å². The molecule has 0 spiro atoms. The summed E-state index contributed by atoms with van der Waals surface area (Å²) in [5.41, 5.74) is 21.9. The largest absolute Gasteiger partial charge is 0.248 e. The fraction of sp³-hybridized carbons (Fsp3) is 0.0351. The third kappa shape index (κ3) is 4.44. The monoisotopic (exact) mass is 733 g/mol. The lowest BCUT2D eigenvalue weighted by atomic mass is 9.82. The van der Waals surface area contributed by atoms with Crippen molar-refractivity contribution in [3.8, 4) is 55.8 Å². The van der Waals surface area contributed by atoms with Crippen LogP contribution in [-0.4, -0.2) is 4.98 Å². The van der Waals surface area contributed by atoms with E-state index in [4.69, 9.17) is 4.98 Å². The Bertz CT molecular complexity index is 3470. The first kappa shape index (κ1) is 31.8. The summed E-state index contributed by atoms with van der Waals surface area (Å²) < 4.78 is 0. The highest BCUT2D eigenvalue weighted by Crippen LogP contribution is 2.59. The average Bonchev–Trinajstić information content (AvgIpc) is 3.80. The maximum absolute atomic E-state index is 5.16. The smallest absolute Gasteiger partial charge is 0.0709 e. The van der Waals surface area contributed by atoms with E-state index in [0.717, 1.165) is 35.0 Å². The Kier molecular flexibility index (Phi) is 6.62. The maximum atomic E-state index is 5.16. The summed E-state index contributed by atoms with van der Waals surface area (Å²) in [5.74, 6) is 0. The molecule has 268 valence electrons. The number of benzene rings is 9. The van der Waals surface area contributed by atoms with Crippen molar-refractivity contribution < 1.29 is 0 Å². The van der Waals surface area contributed by atoms with Crippen LogP contribution in [0.15, 0.2) is 188 Å². The summed E-state index contributed by atoms with van der Waals surface area (Å²) >= 11 is 0. The molecular weight excluding hydrogens is 699 g/mol. The zero-order valence-corrected chi connectivity index (χ0v) is 31.8. The topological polar surface area (TPSA) is 12.9 Å². The average molecular weight is 734 g/mol. The van der Waals surface area contributed by atoms with E-state index in [1.807, 2.05) is 0 Å². The first-order valence-electron chi connectivity index (χ1n) is 20.4. The van der Waals surface area contributed by atoms with Gasteiger partial charge in [0.15, 0.2) is 0 Å². The van der Waals surface area contributed by atoms with Gasteiger partial charge in [0.05, 0.1) is 11.2 Å². The van der Waals surface area contributed by atoms with Crippen molar-refractivity contribution in [2.45, 2.75) is 12.8 Å². The molecule has 1 heteroatoms. The van der Waals surface area contributed by atoms with Crippen LogP contribution in [0.3, 0.4) is 0 Å². The van der Waals surface area contributed by atoms with E-state index >= 15 is 0 Å². The quantitative estimate of drug-likeness (QED) is 0.175. The van der Waals surface area contributed by atoms with Gasteiger partial charge in [-0.1, -0.05) is 170 Å². The van der Waals surface area contributed by atoms with Gasteiger partial charge in [-0.2, -0.15) is 0 Å². The van der Waals surface area contributed by atoms with E-state index in [9.17, 15) is 0 Å². The van der Waals surface area contributed by atoms with Crippen molar-refractivity contribution in [1.29, 1.82) is 0 Å². The van der Waals surface area contributed by atoms with Crippen molar-refractivity contribution in [3.63, 3.8) is 0 Å². The molecule has 0 fully saturated rings. The van der Waals surface area contributed by atoms with Gasteiger partial charge in [-0.3, -0.25) is 0 Å². The number of hydrogen-bond acceptors (Lipinski definition) is 1. The number of allylic oxidation sites excluding steroid dienone is 4. The highest BCUT2D eigenvalue weighted by Gasteiger charge is 2.33. The Morgan fingerprint density at radius 3 is 1.83 bits per heavy atom. The van der Waals surface area contributed by atoms with Crippen LogP contribution >= 0.6 is 0 Å². The van der Waals surface area contributed by atoms with Gasteiger partial charge in [0, 0.05) is 10.9 Å². The summed E-state index contributed by atoms with van der Waals surface area (Å²) in [7, 11) is 0. The summed E-state index contributed by atoms with van der Waals surface area (Å²) in [5, 5.41) is 9.08. The van der Waals surface area contributed by atoms with Crippen LogP contribution in [0, 0.1) is 0 Å². The number of aromatic nitrogens is 1. The first-order valence-corrected chi connectivity index (χ1v) is 20.4. The van der Waals surface area contributed by atoms with Gasteiger partial charge < -0.3 is 0 Å². The number of fused-ring (bicyclic) bond motifs is 7. The van der Waals surface area contributed by atoms with Gasteiger partial charge in [0.1, 0.15) is 0 Å². The predicted octanol–water partition coefficient (Wildman–Crippen LogP) is 15.4. The van der Waals surface area contributed by atoms with E-state index in [0.29, 0.717) is 0 Å². The molecular formula is C57H35N. The molecule has 3 aliphatic rings. The molecule has 0 atom stereocenters. The molecule has 3 aliphatic carbocycles. The van der Waals surface area contributed by atoms with Gasteiger partial charge in [0.25, 0.3) is 0 Å². The highest BCUT2D eigenvalue weighted by molar-refractivity contribution is 6.29. The minimum atomic E-state index is 0.983. The second-order valence-corrected chi connectivity index (χ2v) is 16.0. The molecule has 1 nitrogen and oxygen atoms in total. The van der Waals surface area contributed by atoms with Crippen LogP contribution < -0.4 is 0 Å². The molecule has 13 rings (SSSR count). The Labute approximate surface area is 336 Å². The van der Waals surface area contributed by atoms with Gasteiger partial charge in [-0.25, -0.2) is 4.98 Å². The summed E-state index contributed by atoms with van der Waals surface area (Å²) in [4.78, 5) is 5.16. The summed E-state index contributed by atoms with van der Waals surface area (Å²) in [6, 6.07) is 67.3. The van der Waals surface area contributed by atoms with E-state index in [1.165, 1.54) is 110 Å². The van der Waals surface area contributed by atoms with Gasteiger partial charge >= 0.3 is 0 Å². The first-order chi connectivity index (χ1) is 28.8. The van der Waals surface area contributed by atoms with E-state index < -0.39 is 0 Å². The maximum Gasteiger partial charge on any atom is 0.0709 e. The van der Waals surface area contributed by atoms with Crippen molar-refractivity contribution in [3.05, 3.63) is 205 Å². The van der Waals surface area contributed by atoms with Crippen LogP contribution in [-0.2, 0) is 0 Å². The van der Waals surface area contributed by atoms with Crippen LogP contribution in [0.1, 0.15) is 29.5 Å². The zero-order chi connectivity index (χ0) is 37.9. The third-order valence-electron chi connectivity index (χ3n) is 13.1. The standard InChI is InChI=1S/C57H35N/c1-3-13-36(14-4-1)53-45-28-25-39(51-31-26-34-12-7-8-23-50(34)58-51)33-49(45)54(37-15-5-2-6-16-37)56-46-22-11-21-42-40(29-30-47(55(42)46)57(53)56)38-24-27-41-43-19-9-17-35-18-10-20-44(52(35)43)48(41)32-38/h1-23,25-26,28-33H,24,27H2. The fourth-order valence-corrected chi connectivity index (χ4v) is 10.6. The molecule has 9 aromatic carbocycles. The van der Waals surface area contributed by atoms with Crippen LogP contribution in [0.5, 0.6) is 0 Å². The normalized spacial score (nSPS) is 13.8. The molecule has 0 bridgehead atoms. The Hall–Kier alpha value is -7.35. The van der Waals surface area contributed by atoms with Crippen LogP contribution in [0.25, 0.3) is 116 Å². The fourth-order valence-electron chi connectivity index (χ4n) is 10.6. The second kappa shape index (κ2) is 12.1. The predicted molar refractivity (Wildman–Crippen MR) is 245 cm³/mol. The lowest BCUT2D eigenvalue weighted by Crippen LogP contribution is -1.96. The lowest BCUT2D eigenvalue weighted by Gasteiger charge is -2.21. The second-order valence-electron chi connectivity index (χ2n) is 16.0. The molecule has 0 saturated heterocycles. The van der Waals surface area contributed by atoms with Crippen LogP contribution in [0.2, 0.25) is 0 Å². The van der Waals surface area contributed by atoms with Gasteiger partial charge in [-0.05, 0) is 141 Å². The zero-order valence-electron chi connectivity index (χ0n) is 31.8. The van der Waals surface area contributed by atoms with Crippen molar-refractivity contribution >= 4 is 59.9 Å². The van der Waals surface area contributed by atoms with Gasteiger partial charge in [0.2, 0.25) is 0 Å². The summed E-state index contributed by atoms with van der Waals surface area (Å²) in [6.45, 7) is 0. The minimum absolute atomic E-state index is 0.983. The molecule has 0 unspecified atom stereocenters. The Morgan fingerprint density at radius 2 is 1.02 bits per heavy atom. The Balaban J connectivity index is 1.09. The number of para-hydroxylation sites is 1. The molecule has 58 heavy (non-hydrogen) atoms. The molecule has 0 radical (unpaired) electrons. The summed E-state index contributed by atoms with van der Waals surface area (Å²) in [6.07, 6.45) is 4.59. The lowest BCUT2D eigenvalue weighted by molar-refractivity contribution is 1.08. The highest BCUT2D eigenvalue weighted by atomic mass is 14.7. The number of rotatable bonds is 4. The Morgan fingerprint density at radius 1 is 0.362 bits per heavy atom. The third-order valence-corrected chi connectivity index (χ3v) is 13.1. The molecule has 1 aromatic heterocycles. The molecule has 0 saturated carbocycles. The minimum Gasteiger partial charge on any atom is -0.248 e. The number of nitrogens with zero attached hydrogens (tertiary/aromatic N) is 1. The van der Waals surface area contributed by atoms with Crippen LogP contribution in [0.4, 0.5) is 0 Å². The molecule has 0 amide bonds. The number of hydrogen-bond donors (Lipinski definition) is 0. The van der Waals surface area contributed by atoms with Crippen molar-refractivity contribution in [2.75, 3.05) is 0 Å². The molecule has 10 aromatic rings. The van der Waals surface area contributed by atoms with Crippen molar-refractivity contribution in [1.82, 2.24) is 4.98 Å². The van der Waals surface area contributed by atoms with Crippen molar-refractivity contribution in [2.24, 2.45) is 0 Å². The number of pyridine rings is 1. The molecule has 1 heterocycles. The van der Waals surface area contributed by atoms with E-state index in [1.54, 1.807) is 0 Å².